The number of fused-ring (bicyclic) bond motifs is 1. The van der Waals surface area contributed by atoms with E-state index in [9.17, 15) is 4.79 Å². The largest absolute Gasteiger partial charge is 0.325 e. The van der Waals surface area contributed by atoms with Gasteiger partial charge in [0.25, 0.3) is 0 Å². The molecular formula is C14H13NOS2. The summed E-state index contributed by atoms with van der Waals surface area (Å²) < 4.78 is 0. The molecule has 1 aromatic heterocycles. The standard InChI is InChI=1S/C14H13NOS2/c1-9-4-5-10-11(7-9)15-13(16)8-18-14(10)12-3-2-6-17-12/h2-7,14H,8H2,1H3,(H,15,16). The first kappa shape index (κ1) is 11.8. The van der Waals surface area contributed by atoms with E-state index < -0.39 is 0 Å². The van der Waals surface area contributed by atoms with Crippen molar-refractivity contribution in [1.82, 2.24) is 0 Å². The molecule has 1 aromatic carbocycles. The van der Waals surface area contributed by atoms with Crippen LogP contribution in [0.4, 0.5) is 5.69 Å². The fourth-order valence-corrected chi connectivity index (χ4v) is 4.23. The van der Waals surface area contributed by atoms with Crippen LogP contribution in [0.15, 0.2) is 35.7 Å². The number of thioether (sulfide) groups is 1. The monoisotopic (exact) mass is 275 g/mol. The number of thiophene rings is 1. The van der Waals surface area contributed by atoms with Crippen LogP contribution in [0, 0.1) is 6.92 Å². The topological polar surface area (TPSA) is 29.1 Å². The van der Waals surface area contributed by atoms with Crippen LogP contribution in [0.5, 0.6) is 0 Å². The molecule has 1 aliphatic heterocycles. The van der Waals surface area contributed by atoms with Gasteiger partial charge in [-0.15, -0.1) is 23.1 Å². The summed E-state index contributed by atoms with van der Waals surface area (Å²) in [7, 11) is 0. The van der Waals surface area contributed by atoms with Crippen LogP contribution in [0.2, 0.25) is 0 Å². The zero-order valence-corrected chi connectivity index (χ0v) is 11.6. The normalized spacial score (nSPS) is 18.9. The summed E-state index contributed by atoms with van der Waals surface area (Å²) in [6.45, 7) is 2.05. The lowest BCUT2D eigenvalue weighted by molar-refractivity contribution is -0.113. The fourth-order valence-electron chi connectivity index (χ4n) is 2.12. The van der Waals surface area contributed by atoms with E-state index in [1.165, 1.54) is 16.0 Å². The predicted octanol–water partition coefficient (Wildman–Crippen LogP) is 3.83. The highest BCUT2D eigenvalue weighted by molar-refractivity contribution is 8.00. The Labute approximate surface area is 114 Å². The minimum Gasteiger partial charge on any atom is -0.325 e. The second kappa shape index (κ2) is 4.78. The summed E-state index contributed by atoms with van der Waals surface area (Å²) in [5.74, 6) is 0.599. The predicted molar refractivity (Wildman–Crippen MR) is 78.4 cm³/mol. The van der Waals surface area contributed by atoms with Gasteiger partial charge >= 0.3 is 0 Å². The van der Waals surface area contributed by atoms with Gasteiger partial charge in [0.05, 0.1) is 11.0 Å². The molecule has 1 aliphatic rings. The van der Waals surface area contributed by atoms with Gasteiger partial charge in [-0.25, -0.2) is 0 Å². The smallest absolute Gasteiger partial charge is 0.234 e. The van der Waals surface area contributed by atoms with Crippen LogP contribution in [0.3, 0.4) is 0 Å². The van der Waals surface area contributed by atoms with E-state index in [0.29, 0.717) is 5.75 Å². The number of hydrogen-bond donors (Lipinski definition) is 1. The van der Waals surface area contributed by atoms with Crippen LogP contribution in [0.1, 0.15) is 21.3 Å². The van der Waals surface area contributed by atoms with E-state index >= 15 is 0 Å². The van der Waals surface area contributed by atoms with Crippen LogP contribution in [0.25, 0.3) is 0 Å². The zero-order chi connectivity index (χ0) is 12.5. The highest BCUT2D eigenvalue weighted by Crippen LogP contribution is 2.43. The Kier molecular flexibility index (Phi) is 3.14. The molecule has 3 rings (SSSR count). The molecule has 2 aromatic rings. The number of amides is 1. The number of carbonyl (C=O) groups excluding carboxylic acids is 1. The third kappa shape index (κ3) is 2.18. The summed E-state index contributed by atoms with van der Waals surface area (Å²) in [6.07, 6.45) is 0. The molecule has 92 valence electrons. The van der Waals surface area contributed by atoms with Gasteiger partial charge in [0.2, 0.25) is 5.91 Å². The molecule has 0 fully saturated rings. The quantitative estimate of drug-likeness (QED) is 0.857. The molecule has 1 atom stereocenters. The van der Waals surface area contributed by atoms with Crippen molar-refractivity contribution in [2.24, 2.45) is 0 Å². The molecule has 0 spiro atoms. The van der Waals surface area contributed by atoms with Crippen molar-refractivity contribution in [2.75, 3.05) is 11.1 Å². The SMILES string of the molecule is Cc1ccc2c(c1)NC(=O)CSC2c1cccs1. The van der Waals surface area contributed by atoms with Crippen molar-refractivity contribution < 1.29 is 4.79 Å². The number of benzene rings is 1. The lowest BCUT2D eigenvalue weighted by Gasteiger charge is -2.15. The number of nitrogens with one attached hydrogen (secondary N) is 1. The summed E-state index contributed by atoms with van der Waals surface area (Å²) in [4.78, 5) is 13.1. The number of carbonyl (C=O) groups is 1. The lowest BCUT2D eigenvalue weighted by atomic mass is 10.1. The molecular weight excluding hydrogens is 262 g/mol. The molecule has 0 radical (unpaired) electrons. The highest BCUT2D eigenvalue weighted by atomic mass is 32.2. The Morgan fingerprint density at radius 3 is 3.00 bits per heavy atom. The van der Waals surface area contributed by atoms with E-state index in [4.69, 9.17) is 0 Å². The lowest BCUT2D eigenvalue weighted by Crippen LogP contribution is -2.12. The van der Waals surface area contributed by atoms with Gasteiger partial charge in [-0.2, -0.15) is 0 Å². The van der Waals surface area contributed by atoms with Crippen molar-refractivity contribution in [3.63, 3.8) is 0 Å². The first-order valence-electron chi connectivity index (χ1n) is 5.79. The second-order valence-electron chi connectivity index (χ2n) is 4.35. The molecule has 0 saturated carbocycles. The van der Waals surface area contributed by atoms with Crippen molar-refractivity contribution >= 4 is 34.7 Å². The van der Waals surface area contributed by atoms with Crippen LogP contribution < -0.4 is 5.32 Å². The number of aryl methyl sites for hydroxylation is 1. The minimum atomic E-state index is 0.0888. The number of rotatable bonds is 1. The van der Waals surface area contributed by atoms with Gasteiger partial charge in [0.1, 0.15) is 0 Å². The van der Waals surface area contributed by atoms with Crippen molar-refractivity contribution in [1.29, 1.82) is 0 Å². The van der Waals surface area contributed by atoms with E-state index in [-0.39, 0.29) is 11.2 Å². The summed E-state index contributed by atoms with van der Waals surface area (Å²) in [5.41, 5.74) is 3.34. The van der Waals surface area contributed by atoms with Gasteiger partial charge in [-0.05, 0) is 35.6 Å². The Hall–Kier alpha value is -1.26. The Balaban J connectivity index is 2.10. The van der Waals surface area contributed by atoms with Crippen molar-refractivity contribution in [3.05, 3.63) is 51.7 Å². The Morgan fingerprint density at radius 1 is 1.33 bits per heavy atom. The van der Waals surface area contributed by atoms with E-state index in [0.717, 1.165) is 5.69 Å². The van der Waals surface area contributed by atoms with E-state index in [1.54, 1.807) is 23.1 Å². The minimum absolute atomic E-state index is 0.0888. The van der Waals surface area contributed by atoms with Crippen LogP contribution in [-0.2, 0) is 4.79 Å². The highest BCUT2D eigenvalue weighted by Gasteiger charge is 2.24. The molecule has 1 unspecified atom stereocenters. The summed E-state index contributed by atoms with van der Waals surface area (Å²) >= 11 is 3.44. The van der Waals surface area contributed by atoms with Crippen LogP contribution in [-0.4, -0.2) is 11.7 Å². The van der Waals surface area contributed by atoms with E-state index in [1.807, 2.05) is 6.92 Å². The maximum Gasteiger partial charge on any atom is 0.234 e. The first-order valence-corrected chi connectivity index (χ1v) is 7.72. The molecule has 1 N–H and O–H groups in total. The maximum absolute atomic E-state index is 11.7. The fraction of sp³-hybridized carbons (Fsp3) is 0.214. The molecule has 4 heteroatoms. The molecule has 2 heterocycles. The summed E-state index contributed by atoms with van der Waals surface area (Å²) in [5, 5.41) is 5.35. The Bertz CT molecular complexity index is 577. The average Bonchev–Trinajstić information content (AvgIpc) is 2.80. The number of hydrogen-bond acceptors (Lipinski definition) is 3. The van der Waals surface area contributed by atoms with Gasteiger partial charge in [0, 0.05) is 10.6 Å². The molecule has 0 bridgehead atoms. The molecule has 18 heavy (non-hydrogen) atoms. The van der Waals surface area contributed by atoms with Crippen molar-refractivity contribution in [3.8, 4) is 0 Å². The van der Waals surface area contributed by atoms with Gasteiger partial charge < -0.3 is 5.32 Å². The third-order valence-electron chi connectivity index (χ3n) is 2.95. The zero-order valence-electron chi connectivity index (χ0n) is 9.97. The van der Waals surface area contributed by atoms with Gasteiger partial charge in [-0.3, -0.25) is 4.79 Å². The summed E-state index contributed by atoms with van der Waals surface area (Å²) in [6, 6.07) is 10.5. The molecule has 1 amide bonds. The van der Waals surface area contributed by atoms with E-state index in [2.05, 4.69) is 41.0 Å². The van der Waals surface area contributed by atoms with Crippen molar-refractivity contribution in [2.45, 2.75) is 12.2 Å². The first-order chi connectivity index (χ1) is 8.74. The van der Waals surface area contributed by atoms with Crippen LogP contribution >= 0.6 is 23.1 Å². The maximum atomic E-state index is 11.7. The number of anilines is 1. The third-order valence-corrected chi connectivity index (χ3v) is 5.30. The molecule has 0 aliphatic carbocycles. The van der Waals surface area contributed by atoms with Gasteiger partial charge in [0.15, 0.2) is 0 Å². The second-order valence-corrected chi connectivity index (χ2v) is 6.42. The Morgan fingerprint density at radius 2 is 2.22 bits per heavy atom. The molecule has 0 saturated heterocycles. The average molecular weight is 275 g/mol. The molecule has 2 nitrogen and oxygen atoms in total. The van der Waals surface area contributed by atoms with Gasteiger partial charge in [-0.1, -0.05) is 18.2 Å².